The lowest BCUT2D eigenvalue weighted by atomic mass is 9.77. The molecule has 0 saturated carbocycles. The molecule has 148 valence electrons. The van der Waals surface area contributed by atoms with Gasteiger partial charge in [-0.3, -0.25) is 9.59 Å². The highest BCUT2D eigenvalue weighted by molar-refractivity contribution is 5.86. The average molecular weight is 374 g/mol. The number of morpholine rings is 1. The maximum atomic E-state index is 13.3. The van der Waals surface area contributed by atoms with E-state index in [4.69, 9.17) is 4.74 Å². The standard InChI is InChI=1S/C21H30N2O4/c1-4-21(14-24)9-11-23(12-10-21)20(26)19-18(22(3)17(25)13-27-19)16-8-6-5-7-15(16)2/h5-8,18-19,24H,4,9-14H2,1-3H3/t18-,19+/m1/s1. The zero-order valence-electron chi connectivity index (χ0n) is 16.5. The van der Waals surface area contributed by atoms with Crippen LogP contribution in [-0.4, -0.2) is 66.2 Å². The van der Waals surface area contributed by atoms with Gasteiger partial charge in [-0.25, -0.2) is 0 Å². The van der Waals surface area contributed by atoms with Gasteiger partial charge >= 0.3 is 0 Å². The van der Waals surface area contributed by atoms with Crippen molar-refractivity contribution in [3.63, 3.8) is 0 Å². The van der Waals surface area contributed by atoms with E-state index in [-0.39, 0.29) is 30.4 Å². The number of aliphatic hydroxyl groups is 1. The third kappa shape index (κ3) is 3.73. The average Bonchev–Trinajstić information content (AvgIpc) is 2.70. The number of likely N-dealkylation sites (N-methyl/N-ethyl adjacent to an activating group) is 1. The maximum absolute atomic E-state index is 13.3. The maximum Gasteiger partial charge on any atom is 0.254 e. The topological polar surface area (TPSA) is 70.1 Å². The lowest BCUT2D eigenvalue weighted by Crippen LogP contribution is -2.56. The summed E-state index contributed by atoms with van der Waals surface area (Å²) in [7, 11) is 1.74. The molecule has 1 aromatic carbocycles. The lowest BCUT2D eigenvalue weighted by Gasteiger charge is -2.44. The predicted octanol–water partition coefficient (Wildman–Crippen LogP) is 1.90. The number of likely N-dealkylation sites (tertiary alicyclic amines) is 1. The first kappa shape index (κ1) is 19.8. The van der Waals surface area contributed by atoms with Gasteiger partial charge in [-0.2, -0.15) is 0 Å². The summed E-state index contributed by atoms with van der Waals surface area (Å²) in [5.41, 5.74) is 1.91. The molecule has 2 amide bonds. The van der Waals surface area contributed by atoms with Gasteiger partial charge in [0, 0.05) is 26.7 Å². The van der Waals surface area contributed by atoms with Gasteiger partial charge in [0.05, 0.1) is 6.04 Å². The van der Waals surface area contributed by atoms with E-state index in [0.29, 0.717) is 13.1 Å². The van der Waals surface area contributed by atoms with Crippen LogP contribution in [-0.2, 0) is 14.3 Å². The summed E-state index contributed by atoms with van der Waals surface area (Å²) in [6.45, 7) is 5.40. The van der Waals surface area contributed by atoms with Gasteiger partial charge in [-0.1, -0.05) is 31.2 Å². The molecule has 2 heterocycles. The van der Waals surface area contributed by atoms with Gasteiger partial charge in [0.1, 0.15) is 6.61 Å². The second-order valence-corrected chi connectivity index (χ2v) is 7.87. The molecule has 3 rings (SSSR count). The van der Waals surface area contributed by atoms with Crippen molar-refractivity contribution in [3.05, 3.63) is 35.4 Å². The number of aliphatic hydroxyl groups excluding tert-OH is 1. The minimum absolute atomic E-state index is 0.0646. The summed E-state index contributed by atoms with van der Waals surface area (Å²) >= 11 is 0. The Hall–Kier alpha value is -1.92. The number of amides is 2. The highest BCUT2D eigenvalue weighted by atomic mass is 16.5. The third-order valence-corrected chi connectivity index (χ3v) is 6.46. The SMILES string of the molecule is CCC1(CO)CCN(C(=O)[C@H]2OCC(=O)N(C)[C@@H]2c2ccccc2C)CC1. The van der Waals surface area contributed by atoms with E-state index in [1.54, 1.807) is 11.9 Å². The summed E-state index contributed by atoms with van der Waals surface area (Å²) < 4.78 is 5.77. The highest BCUT2D eigenvalue weighted by Gasteiger charge is 2.44. The molecule has 2 fully saturated rings. The molecular formula is C21H30N2O4. The number of piperidine rings is 1. The van der Waals surface area contributed by atoms with E-state index in [0.717, 1.165) is 30.4 Å². The minimum atomic E-state index is -0.697. The van der Waals surface area contributed by atoms with Crippen LogP contribution >= 0.6 is 0 Å². The smallest absolute Gasteiger partial charge is 0.254 e. The molecule has 0 unspecified atom stereocenters. The van der Waals surface area contributed by atoms with Crippen molar-refractivity contribution < 1.29 is 19.4 Å². The minimum Gasteiger partial charge on any atom is -0.396 e. The first-order chi connectivity index (χ1) is 12.9. The Morgan fingerprint density at radius 2 is 1.96 bits per heavy atom. The van der Waals surface area contributed by atoms with Crippen LogP contribution < -0.4 is 0 Å². The largest absolute Gasteiger partial charge is 0.396 e. The molecule has 0 spiro atoms. The Labute approximate surface area is 161 Å². The first-order valence-electron chi connectivity index (χ1n) is 9.75. The fourth-order valence-corrected chi connectivity index (χ4v) is 4.21. The second kappa shape index (κ2) is 7.98. The van der Waals surface area contributed by atoms with Crippen LogP contribution in [0.2, 0.25) is 0 Å². The third-order valence-electron chi connectivity index (χ3n) is 6.46. The summed E-state index contributed by atoms with van der Waals surface area (Å²) in [6, 6.07) is 7.40. The number of aryl methyl sites for hydroxylation is 1. The van der Waals surface area contributed by atoms with Crippen LogP contribution in [0.4, 0.5) is 0 Å². The van der Waals surface area contributed by atoms with Crippen LogP contribution in [0.25, 0.3) is 0 Å². The highest BCUT2D eigenvalue weighted by Crippen LogP contribution is 2.36. The quantitative estimate of drug-likeness (QED) is 0.874. The number of hydrogen-bond acceptors (Lipinski definition) is 4. The zero-order chi connectivity index (χ0) is 19.6. The Morgan fingerprint density at radius 1 is 1.30 bits per heavy atom. The Morgan fingerprint density at radius 3 is 2.56 bits per heavy atom. The summed E-state index contributed by atoms with van der Waals surface area (Å²) in [5.74, 6) is -0.179. The number of benzene rings is 1. The van der Waals surface area contributed by atoms with E-state index >= 15 is 0 Å². The molecule has 2 aliphatic heterocycles. The molecule has 1 aromatic rings. The normalized spacial score (nSPS) is 25.6. The lowest BCUT2D eigenvalue weighted by molar-refractivity contribution is -0.169. The van der Waals surface area contributed by atoms with E-state index in [2.05, 4.69) is 6.92 Å². The van der Waals surface area contributed by atoms with Crippen molar-refractivity contribution in [1.82, 2.24) is 9.80 Å². The van der Waals surface area contributed by atoms with Crippen LogP contribution in [0, 0.1) is 12.3 Å². The Bertz CT molecular complexity index is 691. The number of hydrogen-bond donors (Lipinski definition) is 1. The number of carbonyl (C=O) groups is 2. The van der Waals surface area contributed by atoms with Crippen LogP contribution in [0.15, 0.2) is 24.3 Å². The molecule has 0 radical (unpaired) electrons. The fraction of sp³-hybridized carbons (Fsp3) is 0.619. The van der Waals surface area contributed by atoms with Gasteiger partial charge < -0.3 is 19.6 Å². The van der Waals surface area contributed by atoms with E-state index in [1.165, 1.54) is 0 Å². The van der Waals surface area contributed by atoms with Crippen molar-refractivity contribution in [1.29, 1.82) is 0 Å². The van der Waals surface area contributed by atoms with Crippen LogP contribution in [0.1, 0.15) is 43.4 Å². The summed E-state index contributed by atoms with van der Waals surface area (Å²) in [5, 5.41) is 9.73. The number of ether oxygens (including phenoxy) is 1. The van der Waals surface area contributed by atoms with E-state index in [9.17, 15) is 14.7 Å². The zero-order valence-corrected chi connectivity index (χ0v) is 16.5. The summed E-state index contributed by atoms with van der Waals surface area (Å²) in [4.78, 5) is 29.0. The monoisotopic (exact) mass is 374 g/mol. The Kier molecular flexibility index (Phi) is 5.86. The van der Waals surface area contributed by atoms with Gasteiger partial charge in [0.15, 0.2) is 6.10 Å². The molecule has 0 aliphatic carbocycles. The molecule has 6 nitrogen and oxygen atoms in total. The van der Waals surface area contributed by atoms with Gasteiger partial charge in [-0.15, -0.1) is 0 Å². The molecular weight excluding hydrogens is 344 g/mol. The molecule has 6 heteroatoms. The number of carbonyl (C=O) groups excluding carboxylic acids is 2. The van der Waals surface area contributed by atoms with Gasteiger partial charge in [0.25, 0.3) is 5.91 Å². The molecule has 27 heavy (non-hydrogen) atoms. The second-order valence-electron chi connectivity index (χ2n) is 7.87. The number of rotatable bonds is 4. The van der Waals surface area contributed by atoms with Crippen molar-refractivity contribution in [2.75, 3.05) is 33.4 Å². The molecule has 2 atom stereocenters. The Balaban J connectivity index is 1.82. The fourth-order valence-electron chi connectivity index (χ4n) is 4.21. The van der Waals surface area contributed by atoms with Crippen molar-refractivity contribution in [3.8, 4) is 0 Å². The van der Waals surface area contributed by atoms with Crippen molar-refractivity contribution >= 4 is 11.8 Å². The molecule has 2 saturated heterocycles. The van der Waals surface area contributed by atoms with E-state index < -0.39 is 12.1 Å². The molecule has 0 bridgehead atoms. The predicted molar refractivity (Wildman–Crippen MR) is 102 cm³/mol. The van der Waals surface area contributed by atoms with E-state index in [1.807, 2.05) is 36.1 Å². The molecule has 0 aromatic heterocycles. The van der Waals surface area contributed by atoms with Gasteiger partial charge in [0.2, 0.25) is 5.91 Å². The summed E-state index contributed by atoms with van der Waals surface area (Å²) in [6.07, 6.45) is 1.80. The number of nitrogens with zero attached hydrogens (tertiary/aromatic N) is 2. The van der Waals surface area contributed by atoms with Crippen molar-refractivity contribution in [2.45, 2.75) is 45.3 Å². The molecule has 2 aliphatic rings. The van der Waals surface area contributed by atoms with Crippen LogP contribution in [0.5, 0.6) is 0 Å². The first-order valence-corrected chi connectivity index (χ1v) is 9.75. The molecule has 1 N–H and O–H groups in total. The van der Waals surface area contributed by atoms with Crippen molar-refractivity contribution in [2.24, 2.45) is 5.41 Å². The van der Waals surface area contributed by atoms with Gasteiger partial charge in [-0.05, 0) is 42.7 Å². The van der Waals surface area contributed by atoms with Crippen LogP contribution in [0.3, 0.4) is 0 Å².